The average molecular weight is 229 g/mol. The Morgan fingerprint density at radius 3 is 2.43 bits per heavy atom. The second-order valence-electron chi connectivity index (χ2n) is 2.88. The van der Waals surface area contributed by atoms with Crippen LogP contribution in [0.2, 0.25) is 0 Å². The fraction of sp³-hybridized carbons (Fsp3) is 0.182. The first-order valence-corrected chi connectivity index (χ1v) is 5.03. The summed E-state index contributed by atoms with van der Waals surface area (Å²) in [5, 5.41) is -0.115. The predicted molar refractivity (Wildman–Crippen MR) is 60.6 cm³/mol. The van der Waals surface area contributed by atoms with E-state index in [-0.39, 0.29) is 5.78 Å². The van der Waals surface area contributed by atoms with Gasteiger partial charge in [0.2, 0.25) is 0 Å². The Morgan fingerprint density at radius 2 is 1.93 bits per heavy atom. The van der Waals surface area contributed by atoms with E-state index in [1.165, 1.54) is 6.08 Å². The van der Waals surface area contributed by atoms with E-state index in [1.54, 1.807) is 6.92 Å². The molecule has 0 amide bonds. The zero-order valence-electron chi connectivity index (χ0n) is 7.71. The Morgan fingerprint density at radius 1 is 1.36 bits per heavy atom. The number of alkyl halides is 1. The van der Waals surface area contributed by atoms with E-state index in [0.29, 0.717) is 5.03 Å². The first kappa shape index (κ1) is 11.3. The molecule has 0 aliphatic rings. The van der Waals surface area contributed by atoms with E-state index < -0.39 is 5.38 Å². The van der Waals surface area contributed by atoms with E-state index in [1.807, 2.05) is 30.3 Å². The number of hydrogen-bond donors (Lipinski definition) is 0. The lowest BCUT2D eigenvalue weighted by atomic mass is 10.2. The molecule has 0 saturated carbocycles. The molecule has 74 valence electrons. The largest absolute Gasteiger partial charge is 0.293 e. The van der Waals surface area contributed by atoms with Crippen LogP contribution in [0.1, 0.15) is 12.5 Å². The Labute approximate surface area is 93.3 Å². The minimum atomic E-state index is -0.535. The van der Waals surface area contributed by atoms with Crippen molar-refractivity contribution in [1.29, 1.82) is 0 Å². The second-order valence-corrected chi connectivity index (χ2v) is 3.94. The summed E-state index contributed by atoms with van der Waals surface area (Å²) >= 11 is 11.5. The normalized spacial score (nSPS) is 13.8. The summed E-state index contributed by atoms with van der Waals surface area (Å²) < 4.78 is 0. The molecular weight excluding hydrogens is 219 g/mol. The maximum atomic E-state index is 11.2. The number of rotatable bonds is 3. The summed E-state index contributed by atoms with van der Waals surface area (Å²) in [6.45, 7) is 1.62. The topological polar surface area (TPSA) is 17.1 Å². The number of hydrogen-bond acceptors (Lipinski definition) is 1. The Bertz CT molecular complexity index is 342. The smallest absolute Gasteiger partial charge is 0.174 e. The number of ketones is 1. The SMILES string of the molecule is CC(Cl)C(=O)/C=C(\Cl)c1ccccc1. The lowest BCUT2D eigenvalue weighted by Crippen LogP contribution is -2.06. The monoisotopic (exact) mass is 228 g/mol. The molecule has 0 bridgehead atoms. The first-order valence-electron chi connectivity index (χ1n) is 4.22. The van der Waals surface area contributed by atoms with Crippen LogP contribution in [0.3, 0.4) is 0 Å². The number of allylic oxidation sites excluding steroid dienone is 1. The molecule has 3 heteroatoms. The molecule has 0 saturated heterocycles. The molecule has 0 aliphatic carbocycles. The highest BCUT2D eigenvalue weighted by molar-refractivity contribution is 6.51. The molecule has 1 unspecified atom stereocenters. The third-order valence-electron chi connectivity index (χ3n) is 1.71. The number of halogens is 2. The van der Waals surface area contributed by atoms with Gasteiger partial charge in [-0.05, 0) is 12.5 Å². The summed E-state index contributed by atoms with van der Waals surface area (Å²) in [7, 11) is 0. The maximum Gasteiger partial charge on any atom is 0.174 e. The molecule has 14 heavy (non-hydrogen) atoms. The van der Waals surface area contributed by atoms with Crippen molar-refractivity contribution in [1.82, 2.24) is 0 Å². The number of carbonyl (C=O) groups is 1. The van der Waals surface area contributed by atoms with Gasteiger partial charge in [-0.25, -0.2) is 0 Å². The molecule has 1 nitrogen and oxygen atoms in total. The van der Waals surface area contributed by atoms with Crippen molar-refractivity contribution in [3.63, 3.8) is 0 Å². The maximum absolute atomic E-state index is 11.2. The quantitative estimate of drug-likeness (QED) is 0.573. The van der Waals surface area contributed by atoms with Crippen LogP contribution in [-0.4, -0.2) is 11.2 Å². The van der Waals surface area contributed by atoms with Gasteiger partial charge < -0.3 is 0 Å². The van der Waals surface area contributed by atoms with Gasteiger partial charge in [0, 0.05) is 6.08 Å². The third-order valence-corrected chi connectivity index (χ3v) is 2.25. The summed E-state index contributed by atoms with van der Waals surface area (Å²) in [5.74, 6) is -0.180. The second kappa shape index (κ2) is 5.18. The van der Waals surface area contributed by atoms with Crippen molar-refractivity contribution in [3.05, 3.63) is 42.0 Å². The molecule has 0 radical (unpaired) electrons. The Balaban J connectivity index is 2.85. The van der Waals surface area contributed by atoms with Crippen molar-refractivity contribution in [2.24, 2.45) is 0 Å². The fourth-order valence-electron chi connectivity index (χ4n) is 0.920. The Kier molecular flexibility index (Phi) is 4.18. The van der Waals surface area contributed by atoms with Gasteiger partial charge in [-0.2, -0.15) is 0 Å². The van der Waals surface area contributed by atoms with Crippen LogP contribution in [0.5, 0.6) is 0 Å². The molecule has 0 aliphatic heterocycles. The van der Waals surface area contributed by atoms with E-state index in [4.69, 9.17) is 23.2 Å². The van der Waals surface area contributed by atoms with Crippen LogP contribution >= 0.6 is 23.2 Å². The highest BCUT2D eigenvalue weighted by Crippen LogP contribution is 2.18. The lowest BCUT2D eigenvalue weighted by molar-refractivity contribution is -0.114. The van der Waals surface area contributed by atoms with Crippen LogP contribution < -0.4 is 0 Å². The van der Waals surface area contributed by atoms with Crippen molar-refractivity contribution in [2.75, 3.05) is 0 Å². The summed E-state index contributed by atoms with van der Waals surface area (Å²) in [6.07, 6.45) is 1.36. The van der Waals surface area contributed by atoms with Crippen molar-refractivity contribution < 1.29 is 4.79 Å². The minimum Gasteiger partial charge on any atom is -0.293 e. The molecule has 0 heterocycles. The van der Waals surface area contributed by atoms with Crippen molar-refractivity contribution in [2.45, 2.75) is 12.3 Å². The molecule has 1 atom stereocenters. The van der Waals surface area contributed by atoms with Crippen LogP contribution in [0.15, 0.2) is 36.4 Å². The molecule has 1 rings (SSSR count). The number of benzene rings is 1. The van der Waals surface area contributed by atoms with Gasteiger partial charge in [-0.3, -0.25) is 4.79 Å². The average Bonchev–Trinajstić information content (AvgIpc) is 2.19. The molecule has 0 spiro atoms. The summed E-state index contributed by atoms with van der Waals surface area (Å²) in [6, 6.07) is 9.29. The van der Waals surface area contributed by atoms with E-state index >= 15 is 0 Å². The first-order chi connectivity index (χ1) is 6.61. The van der Waals surface area contributed by atoms with Gasteiger partial charge in [-0.1, -0.05) is 41.9 Å². The zero-order chi connectivity index (χ0) is 10.6. The zero-order valence-corrected chi connectivity index (χ0v) is 9.22. The minimum absolute atomic E-state index is 0.180. The van der Waals surface area contributed by atoms with Gasteiger partial charge >= 0.3 is 0 Å². The highest BCUT2D eigenvalue weighted by atomic mass is 35.5. The predicted octanol–water partition coefficient (Wildman–Crippen LogP) is 3.46. The van der Waals surface area contributed by atoms with Crippen molar-refractivity contribution in [3.8, 4) is 0 Å². The van der Waals surface area contributed by atoms with Crippen LogP contribution in [0, 0.1) is 0 Å². The van der Waals surface area contributed by atoms with Crippen molar-refractivity contribution >= 4 is 34.0 Å². The molecule has 1 aromatic carbocycles. The number of carbonyl (C=O) groups excluding carboxylic acids is 1. The van der Waals surface area contributed by atoms with Gasteiger partial charge in [0.05, 0.1) is 10.4 Å². The van der Waals surface area contributed by atoms with Gasteiger partial charge in [0.1, 0.15) is 0 Å². The highest BCUT2D eigenvalue weighted by Gasteiger charge is 2.07. The van der Waals surface area contributed by atoms with Gasteiger partial charge in [0.25, 0.3) is 0 Å². The Hall–Kier alpha value is -0.790. The molecule has 0 fully saturated rings. The van der Waals surface area contributed by atoms with E-state index in [2.05, 4.69) is 0 Å². The van der Waals surface area contributed by atoms with Crippen LogP contribution in [0.25, 0.3) is 5.03 Å². The summed E-state index contributed by atoms with van der Waals surface area (Å²) in [4.78, 5) is 11.2. The van der Waals surface area contributed by atoms with Crippen LogP contribution in [-0.2, 0) is 4.79 Å². The third kappa shape index (κ3) is 3.17. The summed E-state index contributed by atoms with van der Waals surface area (Å²) in [5.41, 5.74) is 0.819. The molecule has 0 aromatic heterocycles. The standard InChI is InChI=1S/C11H10Cl2O/c1-8(12)11(14)7-10(13)9-5-3-2-4-6-9/h2-8H,1H3/b10-7-. The van der Waals surface area contributed by atoms with Gasteiger partial charge in [-0.15, -0.1) is 11.6 Å². The van der Waals surface area contributed by atoms with E-state index in [9.17, 15) is 4.79 Å². The van der Waals surface area contributed by atoms with E-state index in [0.717, 1.165) is 5.56 Å². The fourth-order valence-corrected chi connectivity index (χ4v) is 1.22. The molecular formula is C11H10Cl2O. The molecule has 0 N–H and O–H groups in total. The molecule has 1 aromatic rings. The van der Waals surface area contributed by atoms with Crippen LogP contribution in [0.4, 0.5) is 0 Å². The lowest BCUT2D eigenvalue weighted by Gasteiger charge is -1.99. The van der Waals surface area contributed by atoms with Gasteiger partial charge in [0.15, 0.2) is 5.78 Å².